The van der Waals surface area contributed by atoms with E-state index in [1.165, 1.54) is 0 Å². The second-order valence-corrected chi connectivity index (χ2v) is 9.91. The van der Waals surface area contributed by atoms with Crippen molar-refractivity contribution in [1.29, 1.82) is 5.26 Å². The lowest BCUT2D eigenvalue weighted by atomic mass is 9.91. The minimum Gasteiger partial charge on any atom is -0.484 e. The number of aromatic nitrogens is 5. The van der Waals surface area contributed by atoms with Gasteiger partial charge in [-0.05, 0) is 70.8 Å². The fraction of sp³-hybridized carbons (Fsp3) is 0.407. The molecule has 9 heteroatoms. The van der Waals surface area contributed by atoms with Gasteiger partial charge in [-0.2, -0.15) is 10.4 Å². The fourth-order valence-electron chi connectivity index (χ4n) is 5.05. The van der Waals surface area contributed by atoms with Crippen molar-refractivity contribution in [1.82, 2.24) is 29.9 Å². The molecule has 1 fully saturated rings. The fourth-order valence-corrected chi connectivity index (χ4v) is 5.05. The predicted molar refractivity (Wildman–Crippen MR) is 136 cm³/mol. The van der Waals surface area contributed by atoms with Gasteiger partial charge in [0.05, 0.1) is 23.5 Å². The van der Waals surface area contributed by atoms with Crippen molar-refractivity contribution >= 4 is 5.52 Å². The average molecular weight is 486 g/mol. The molecule has 2 N–H and O–H groups in total. The number of nitriles is 1. The average Bonchev–Trinajstić information content (AvgIpc) is 3.47. The van der Waals surface area contributed by atoms with Crippen LogP contribution in [-0.2, 0) is 5.60 Å². The summed E-state index contributed by atoms with van der Waals surface area (Å²) in [5.74, 6) is 0.524. The van der Waals surface area contributed by atoms with Crippen LogP contribution in [0.5, 0.6) is 5.75 Å². The summed E-state index contributed by atoms with van der Waals surface area (Å²) >= 11 is 0. The van der Waals surface area contributed by atoms with Gasteiger partial charge >= 0.3 is 0 Å². The second-order valence-electron chi connectivity index (χ2n) is 9.91. The monoisotopic (exact) mass is 485 g/mol. The number of pyridine rings is 1. The molecule has 4 aromatic rings. The van der Waals surface area contributed by atoms with Gasteiger partial charge in [-0.1, -0.05) is 29.5 Å². The molecule has 1 unspecified atom stereocenters. The molecular weight excluding hydrogens is 454 g/mol. The maximum Gasteiger partial charge on any atom is 0.148 e. The van der Waals surface area contributed by atoms with Gasteiger partial charge in [0.25, 0.3) is 0 Å². The molecule has 0 bridgehead atoms. The molecule has 9 nitrogen and oxygen atoms in total. The van der Waals surface area contributed by atoms with E-state index in [2.05, 4.69) is 26.8 Å². The first-order valence-electron chi connectivity index (χ1n) is 12.3. The maximum absolute atomic E-state index is 10.7. The van der Waals surface area contributed by atoms with Crippen LogP contribution in [0.15, 0.2) is 42.7 Å². The summed E-state index contributed by atoms with van der Waals surface area (Å²) in [5.41, 5.74) is 4.22. The standard InChI is InChI=1S/C27H31N7O2/c1-17-25(31-32-34(17)21-9-11-29-12-10-21)19-13-24(26-20(14-28)15-30-33(26)16-19)36-18(2)22-7-5-6-8-23(22)27(3,4)35/h5-8,13,15-16,18,21,29,35H,9-12H2,1-4H3. The van der Waals surface area contributed by atoms with Gasteiger partial charge in [-0.15, -0.1) is 5.10 Å². The van der Waals surface area contributed by atoms with Crippen molar-refractivity contribution in [3.63, 3.8) is 0 Å². The van der Waals surface area contributed by atoms with Crippen LogP contribution in [0.4, 0.5) is 0 Å². The second kappa shape index (κ2) is 9.37. The Kier molecular flexibility index (Phi) is 6.24. The van der Waals surface area contributed by atoms with Crippen LogP contribution < -0.4 is 10.1 Å². The van der Waals surface area contributed by atoms with E-state index in [0.717, 1.165) is 54.0 Å². The summed E-state index contributed by atoms with van der Waals surface area (Å²) in [6.07, 6.45) is 5.04. The van der Waals surface area contributed by atoms with E-state index in [4.69, 9.17) is 4.74 Å². The number of ether oxygens (including phenoxy) is 1. The SMILES string of the molecule is Cc1c(-c2cc(OC(C)c3ccccc3C(C)(C)O)c3c(C#N)cnn3c2)nnn1C1CCNCC1. The van der Waals surface area contributed by atoms with Crippen LogP contribution in [0.2, 0.25) is 0 Å². The van der Waals surface area contributed by atoms with Crippen LogP contribution in [-0.4, -0.2) is 42.8 Å². The molecule has 36 heavy (non-hydrogen) atoms. The van der Waals surface area contributed by atoms with Gasteiger partial charge in [0.2, 0.25) is 0 Å². The van der Waals surface area contributed by atoms with Crippen LogP contribution in [0.3, 0.4) is 0 Å². The number of nitrogens with one attached hydrogen (secondary N) is 1. The Morgan fingerprint density at radius 1 is 1.25 bits per heavy atom. The van der Waals surface area contributed by atoms with Crippen LogP contribution in [0.1, 0.15) is 68.1 Å². The molecule has 1 aliphatic heterocycles. The quantitative estimate of drug-likeness (QED) is 0.423. The Morgan fingerprint density at radius 3 is 2.72 bits per heavy atom. The van der Waals surface area contributed by atoms with E-state index in [9.17, 15) is 10.4 Å². The Bertz CT molecular complexity index is 1430. The molecule has 0 spiro atoms. The van der Waals surface area contributed by atoms with Gasteiger partial charge in [-0.3, -0.25) is 0 Å². The van der Waals surface area contributed by atoms with Gasteiger partial charge in [0, 0.05) is 11.8 Å². The first kappa shape index (κ1) is 24.0. The van der Waals surface area contributed by atoms with Crippen LogP contribution in [0, 0.1) is 18.3 Å². The molecule has 5 rings (SSSR count). The highest BCUT2D eigenvalue weighted by atomic mass is 16.5. The third kappa shape index (κ3) is 4.34. The Balaban J connectivity index is 1.57. The molecule has 0 saturated carbocycles. The Labute approximate surface area is 210 Å². The molecule has 3 aromatic heterocycles. The Hall–Kier alpha value is -3.74. The molecule has 1 aliphatic rings. The maximum atomic E-state index is 10.7. The highest BCUT2D eigenvalue weighted by Crippen LogP contribution is 2.36. The molecule has 1 saturated heterocycles. The van der Waals surface area contributed by atoms with Crippen molar-refractivity contribution in [2.75, 3.05) is 13.1 Å². The number of nitrogens with zero attached hydrogens (tertiary/aromatic N) is 6. The third-order valence-electron chi connectivity index (χ3n) is 6.91. The van der Waals surface area contributed by atoms with E-state index in [0.29, 0.717) is 22.9 Å². The molecular formula is C27H31N7O2. The predicted octanol–water partition coefficient (Wildman–Crippen LogP) is 4.06. The number of piperidine rings is 1. The summed E-state index contributed by atoms with van der Waals surface area (Å²) < 4.78 is 10.2. The molecule has 0 amide bonds. The molecule has 0 radical (unpaired) electrons. The smallest absolute Gasteiger partial charge is 0.148 e. The lowest BCUT2D eigenvalue weighted by Gasteiger charge is -2.25. The lowest BCUT2D eigenvalue weighted by Crippen LogP contribution is -2.30. The number of fused-ring (bicyclic) bond motifs is 1. The van der Waals surface area contributed by atoms with E-state index < -0.39 is 5.60 Å². The van der Waals surface area contributed by atoms with E-state index in [-0.39, 0.29) is 6.10 Å². The normalized spacial score (nSPS) is 15.7. The van der Waals surface area contributed by atoms with E-state index in [1.807, 2.05) is 55.1 Å². The first-order chi connectivity index (χ1) is 17.3. The molecule has 1 aromatic carbocycles. The van der Waals surface area contributed by atoms with Crippen molar-refractivity contribution in [3.05, 3.63) is 65.1 Å². The summed E-state index contributed by atoms with van der Waals surface area (Å²) in [6, 6.07) is 12.1. The summed E-state index contributed by atoms with van der Waals surface area (Å²) in [7, 11) is 0. The highest BCUT2D eigenvalue weighted by Gasteiger charge is 2.25. The molecule has 4 heterocycles. The Morgan fingerprint density at radius 2 is 2.00 bits per heavy atom. The van der Waals surface area contributed by atoms with Crippen LogP contribution >= 0.6 is 0 Å². The van der Waals surface area contributed by atoms with Gasteiger partial charge in [0.15, 0.2) is 0 Å². The zero-order valence-corrected chi connectivity index (χ0v) is 21.1. The highest BCUT2D eigenvalue weighted by molar-refractivity contribution is 5.74. The zero-order chi connectivity index (χ0) is 25.4. The van der Waals surface area contributed by atoms with Crippen molar-refractivity contribution < 1.29 is 9.84 Å². The molecule has 186 valence electrons. The van der Waals surface area contributed by atoms with Crippen LogP contribution in [0.25, 0.3) is 16.8 Å². The molecule has 0 aliphatic carbocycles. The number of hydrogen-bond acceptors (Lipinski definition) is 7. The summed E-state index contributed by atoms with van der Waals surface area (Å²) in [4.78, 5) is 0. The minimum atomic E-state index is -1.02. The van der Waals surface area contributed by atoms with E-state index in [1.54, 1.807) is 24.6 Å². The number of hydrogen-bond donors (Lipinski definition) is 2. The first-order valence-corrected chi connectivity index (χ1v) is 12.3. The molecule has 1 atom stereocenters. The minimum absolute atomic E-state index is 0.320. The summed E-state index contributed by atoms with van der Waals surface area (Å²) in [6.45, 7) is 9.44. The summed E-state index contributed by atoms with van der Waals surface area (Å²) in [5, 5.41) is 37.2. The van der Waals surface area contributed by atoms with Crippen molar-refractivity contribution in [2.24, 2.45) is 0 Å². The van der Waals surface area contributed by atoms with Crippen molar-refractivity contribution in [2.45, 2.75) is 58.3 Å². The van der Waals surface area contributed by atoms with Gasteiger partial charge < -0.3 is 15.2 Å². The third-order valence-corrected chi connectivity index (χ3v) is 6.91. The number of rotatable bonds is 6. The van der Waals surface area contributed by atoms with Gasteiger partial charge in [-0.25, -0.2) is 9.20 Å². The lowest BCUT2D eigenvalue weighted by molar-refractivity contribution is 0.0748. The topological polar surface area (TPSA) is 113 Å². The van der Waals surface area contributed by atoms with Gasteiger partial charge in [0.1, 0.15) is 34.7 Å². The van der Waals surface area contributed by atoms with E-state index >= 15 is 0 Å². The zero-order valence-electron chi connectivity index (χ0n) is 21.1. The number of aliphatic hydroxyl groups is 1. The van der Waals surface area contributed by atoms with Crippen molar-refractivity contribution in [3.8, 4) is 23.1 Å². The largest absolute Gasteiger partial charge is 0.484 e. The number of benzene rings is 1.